The molecule has 1 saturated carbocycles. The van der Waals surface area contributed by atoms with Crippen LogP contribution in [0.3, 0.4) is 0 Å². The third-order valence-corrected chi connectivity index (χ3v) is 3.12. The lowest BCUT2D eigenvalue weighted by atomic mass is 10.1. The van der Waals surface area contributed by atoms with Gasteiger partial charge in [-0.3, -0.25) is 4.79 Å². The Balaban J connectivity index is 1.85. The van der Waals surface area contributed by atoms with Gasteiger partial charge in [-0.25, -0.2) is 0 Å². The van der Waals surface area contributed by atoms with E-state index in [0.29, 0.717) is 12.6 Å². The van der Waals surface area contributed by atoms with Gasteiger partial charge in [-0.15, -0.1) is 0 Å². The Morgan fingerprint density at radius 2 is 2.18 bits per heavy atom. The van der Waals surface area contributed by atoms with E-state index in [9.17, 15) is 4.79 Å². The van der Waals surface area contributed by atoms with Crippen molar-refractivity contribution in [3.8, 4) is 0 Å². The number of aryl methyl sites for hydroxylation is 2. The van der Waals surface area contributed by atoms with E-state index in [-0.39, 0.29) is 5.91 Å². The molecule has 1 aromatic rings. The summed E-state index contributed by atoms with van der Waals surface area (Å²) < 4.78 is 0. The van der Waals surface area contributed by atoms with Crippen LogP contribution in [0, 0.1) is 6.92 Å². The van der Waals surface area contributed by atoms with Gasteiger partial charge in [0.2, 0.25) is 5.91 Å². The van der Waals surface area contributed by atoms with Gasteiger partial charge in [0, 0.05) is 11.7 Å². The summed E-state index contributed by atoms with van der Waals surface area (Å²) in [6, 6.07) is 6.70. The first-order valence-electron chi connectivity index (χ1n) is 6.32. The number of carbonyl (C=O) groups excluding carboxylic acids is 1. The summed E-state index contributed by atoms with van der Waals surface area (Å²) in [4.78, 5) is 11.5. The molecular weight excluding hydrogens is 212 g/mol. The van der Waals surface area contributed by atoms with Crippen molar-refractivity contribution < 1.29 is 4.79 Å². The standard InChI is InChI=1S/C14H20N2O/c1-3-11-4-5-13(8-10(11)2)15-9-14(17)16-12-6-7-12/h4-5,8,12,15H,3,6-7,9H2,1-2H3,(H,16,17). The summed E-state index contributed by atoms with van der Waals surface area (Å²) in [5, 5.41) is 6.12. The van der Waals surface area contributed by atoms with E-state index in [0.717, 1.165) is 24.9 Å². The lowest BCUT2D eigenvalue weighted by Gasteiger charge is -2.09. The number of nitrogens with one attached hydrogen (secondary N) is 2. The molecule has 1 aliphatic carbocycles. The molecule has 0 radical (unpaired) electrons. The molecule has 0 unspecified atom stereocenters. The fraction of sp³-hybridized carbons (Fsp3) is 0.500. The van der Waals surface area contributed by atoms with Crippen molar-refractivity contribution >= 4 is 11.6 Å². The average molecular weight is 232 g/mol. The zero-order chi connectivity index (χ0) is 12.3. The predicted molar refractivity (Wildman–Crippen MR) is 70.2 cm³/mol. The maximum Gasteiger partial charge on any atom is 0.239 e. The van der Waals surface area contributed by atoms with E-state index in [4.69, 9.17) is 0 Å². The summed E-state index contributed by atoms with van der Waals surface area (Å²) in [7, 11) is 0. The van der Waals surface area contributed by atoms with Crippen LogP contribution in [0.5, 0.6) is 0 Å². The molecular formula is C14H20N2O. The minimum Gasteiger partial charge on any atom is -0.376 e. The highest BCUT2D eigenvalue weighted by Gasteiger charge is 2.22. The average Bonchev–Trinajstić information content (AvgIpc) is 3.10. The molecule has 3 heteroatoms. The number of hydrogen-bond acceptors (Lipinski definition) is 2. The van der Waals surface area contributed by atoms with Gasteiger partial charge in [-0.2, -0.15) is 0 Å². The highest BCUT2D eigenvalue weighted by Crippen LogP contribution is 2.18. The van der Waals surface area contributed by atoms with Crippen molar-refractivity contribution in [3.63, 3.8) is 0 Å². The molecule has 17 heavy (non-hydrogen) atoms. The van der Waals surface area contributed by atoms with E-state index in [1.807, 2.05) is 6.07 Å². The first-order chi connectivity index (χ1) is 8.19. The van der Waals surface area contributed by atoms with Crippen molar-refractivity contribution in [1.29, 1.82) is 0 Å². The first kappa shape index (κ1) is 12.0. The third-order valence-electron chi connectivity index (χ3n) is 3.12. The molecule has 1 aliphatic rings. The monoisotopic (exact) mass is 232 g/mol. The zero-order valence-corrected chi connectivity index (χ0v) is 10.5. The number of hydrogen-bond donors (Lipinski definition) is 2. The van der Waals surface area contributed by atoms with Crippen molar-refractivity contribution in [3.05, 3.63) is 29.3 Å². The second kappa shape index (κ2) is 5.21. The van der Waals surface area contributed by atoms with Crippen LogP contribution in [0.25, 0.3) is 0 Å². The molecule has 0 atom stereocenters. The minimum atomic E-state index is 0.0877. The van der Waals surface area contributed by atoms with Gasteiger partial charge in [-0.1, -0.05) is 13.0 Å². The lowest BCUT2D eigenvalue weighted by molar-refractivity contribution is -0.119. The number of anilines is 1. The highest BCUT2D eigenvalue weighted by molar-refractivity contribution is 5.81. The molecule has 0 heterocycles. The fourth-order valence-electron chi connectivity index (χ4n) is 1.89. The molecule has 0 aromatic heterocycles. The smallest absolute Gasteiger partial charge is 0.239 e. The van der Waals surface area contributed by atoms with Crippen LogP contribution < -0.4 is 10.6 Å². The van der Waals surface area contributed by atoms with Crippen molar-refractivity contribution in [2.75, 3.05) is 11.9 Å². The van der Waals surface area contributed by atoms with Gasteiger partial charge >= 0.3 is 0 Å². The molecule has 2 rings (SSSR count). The van der Waals surface area contributed by atoms with Crippen molar-refractivity contribution in [1.82, 2.24) is 5.32 Å². The van der Waals surface area contributed by atoms with Crippen LogP contribution in [-0.2, 0) is 11.2 Å². The summed E-state index contributed by atoms with van der Waals surface area (Å²) in [5.41, 5.74) is 3.66. The summed E-state index contributed by atoms with van der Waals surface area (Å²) in [5.74, 6) is 0.0877. The number of carbonyl (C=O) groups is 1. The molecule has 3 nitrogen and oxygen atoms in total. The molecule has 1 fully saturated rings. The molecule has 0 aliphatic heterocycles. The number of benzene rings is 1. The largest absolute Gasteiger partial charge is 0.376 e. The molecule has 0 saturated heterocycles. The third kappa shape index (κ3) is 3.48. The van der Waals surface area contributed by atoms with E-state index in [1.54, 1.807) is 0 Å². The minimum absolute atomic E-state index is 0.0877. The Hall–Kier alpha value is -1.51. The van der Waals surface area contributed by atoms with Gasteiger partial charge in [0.15, 0.2) is 0 Å². The zero-order valence-electron chi connectivity index (χ0n) is 10.5. The van der Waals surface area contributed by atoms with E-state index in [1.165, 1.54) is 11.1 Å². The predicted octanol–water partition coefficient (Wildman–Crippen LogP) is 2.25. The topological polar surface area (TPSA) is 41.1 Å². The van der Waals surface area contributed by atoms with Gasteiger partial charge in [0.1, 0.15) is 0 Å². The summed E-state index contributed by atoms with van der Waals surface area (Å²) in [6.45, 7) is 4.62. The molecule has 1 aromatic carbocycles. The highest BCUT2D eigenvalue weighted by atomic mass is 16.2. The number of rotatable bonds is 5. The van der Waals surface area contributed by atoms with Crippen LogP contribution in [0.4, 0.5) is 5.69 Å². The maximum absolute atomic E-state index is 11.5. The Labute approximate surface area is 103 Å². The first-order valence-corrected chi connectivity index (χ1v) is 6.32. The Morgan fingerprint density at radius 1 is 1.41 bits per heavy atom. The molecule has 0 bridgehead atoms. The van der Waals surface area contributed by atoms with Crippen LogP contribution in [0.1, 0.15) is 30.9 Å². The maximum atomic E-state index is 11.5. The van der Waals surface area contributed by atoms with Crippen LogP contribution in [-0.4, -0.2) is 18.5 Å². The van der Waals surface area contributed by atoms with E-state index in [2.05, 4.69) is 36.6 Å². The Kier molecular flexibility index (Phi) is 3.67. The SMILES string of the molecule is CCc1ccc(NCC(=O)NC2CC2)cc1C. The summed E-state index contributed by atoms with van der Waals surface area (Å²) in [6.07, 6.45) is 3.32. The Morgan fingerprint density at radius 3 is 2.76 bits per heavy atom. The molecule has 0 spiro atoms. The number of amides is 1. The molecule has 1 amide bonds. The van der Waals surface area contributed by atoms with Gasteiger partial charge in [0.25, 0.3) is 0 Å². The van der Waals surface area contributed by atoms with Crippen LogP contribution >= 0.6 is 0 Å². The van der Waals surface area contributed by atoms with Gasteiger partial charge in [-0.05, 0) is 49.4 Å². The Bertz CT molecular complexity index is 411. The lowest BCUT2D eigenvalue weighted by Crippen LogP contribution is -2.31. The van der Waals surface area contributed by atoms with E-state index >= 15 is 0 Å². The fourth-order valence-corrected chi connectivity index (χ4v) is 1.89. The van der Waals surface area contributed by atoms with Crippen LogP contribution in [0.2, 0.25) is 0 Å². The normalized spacial score (nSPS) is 14.5. The molecule has 2 N–H and O–H groups in total. The van der Waals surface area contributed by atoms with Crippen molar-refractivity contribution in [2.24, 2.45) is 0 Å². The molecule has 92 valence electrons. The summed E-state index contributed by atoms with van der Waals surface area (Å²) >= 11 is 0. The van der Waals surface area contributed by atoms with Crippen LogP contribution in [0.15, 0.2) is 18.2 Å². The second-order valence-corrected chi connectivity index (χ2v) is 4.69. The van der Waals surface area contributed by atoms with Gasteiger partial charge in [0.05, 0.1) is 6.54 Å². The quantitative estimate of drug-likeness (QED) is 0.817. The van der Waals surface area contributed by atoms with E-state index < -0.39 is 0 Å². The van der Waals surface area contributed by atoms with Crippen molar-refractivity contribution in [2.45, 2.75) is 39.2 Å². The second-order valence-electron chi connectivity index (χ2n) is 4.69. The van der Waals surface area contributed by atoms with Gasteiger partial charge < -0.3 is 10.6 Å².